The van der Waals surface area contributed by atoms with Gasteiger partial charge >= 0.3 is 151 Å². The summed E-state index contributed by atoms with van der Waals surface area (Å²) in [7, 11) is -2.30. The number of benzene rings is 4. The summed E-state index contributed by atoms with van der Waals surface area (Å²) in [6, 6.07) is 44.0. The van der Waals surface area contributed by atoms with Gasteiger partial charge in [0.2, 0.25) is 0 Å². The summed E-state index contributed by atoms with van der Waals surface area (Å²) in [6.07, 6.45) is 0. The topological polar surface area (TPSA) is 0 Å². The maximum absolute atomic E-state index is 2.30. The Bertz CT molecular complexity index is 759. The summed E-state index contributed by atoms with van der Waals surface area (Å²) in [4.78, 5) is 0. The minimum absolute atomic E-state index is 0. The standard InChI is InChI=1S/C24H21P/c1-5-13-21(14-6-1)25(22-15-7-2-8-16-22,23-17-9-3-10-18-23)24-19-11-4-12-20-24/h1-20,25H/p+1. The van der Waals surface area contributed by atoms with Crippen LogP contribution in [0.5, 0.6) is 0 Å². The Balaban J connectivity index is 0.00000196. The van der Waals surface area contributed by atoms with E-state index in [1.54, 1.807) is 0 Å². The minimum atomic E-state index is -2.30. The van der Waals surface area contributed by atoms with E-state index in [1.165, 1.54) is 21.2 Å². The van der Waals surface area contributed by atoms with Gasteiger partial charge in [0.25, 0.3) is 0 Å². The molecule has 0 amide bonds. The summed E-state index contributed by atoms with van der Waals surface area (Å²) in [5.41, 5.74) is 0. The van der Waals surface area contributed by atoms with Crippen molar-refractivity contribution in [2.45, 2.75) is 0 Å². The van der Waals surface area contributed by atoms with Gasteiger partial charge in [0, 0.05) is 0 Å². The van der Waals surface area contributed by atoms with Crippen LogP contribution in [0.4, 0.5) is 0 Å². The van der Waals surface area contributed by atoms with Crippen molar-refractivity contribution >= 4 is 28.5 Å². The van der Waals surface area contributed by atoms with E-state index in [1.807, 2.05) is 0 Å². The normalized spacial score (nSPS) is 11.8. The van der Waals surface area contributed by atoms with E-state index < -0.39 is 7.26 Å². The summed E-state index contributed by atoms with van der Waals surface area (Å²) < 4.78 is 0. The van der Waals surface area contributed by atoms with Gasteiger partial charge in [-0.1, -0.05) is 0 Å². The first-order valence-electron chi connectivity index (χ1n) is 8.64. The summed E-state index contributed by atoms with van der Waals surface area (Å²) in [5.74, 6) is 0. The van der Waals surface area contributed by atoms with Gasteiger partial charge in [0.05, 0.1) is 0 Å². The van der Waals surface area contributed by atoms with Crippen LogP contribution in [0.25, 0.3) is 0 Å². The van der Waals surface area contributed by atoms with Crippen LogP contribution in [0.2, 0.25) is 0 Å². The second-order valence-electron chi connectivity index (χ2n) is 6.21. The molecule has 122 valence electrons. The Hall–Kier alpha value is -2.69. The summed E-state index contributed by atoms with van der Waals surface area (Å²) in [6.45, 7) is 0. The van der Waals surface area contributed by atoms with Crippen LogP contribution in [-0.4, -0.2) is 0 Å². The van der Waals surface area contributed by atoms with Gasteiger partial charge in [-0.3, -0.25) is 0 Å². The molecule has 0 spiro atoms. The zero-order valence-electron chi connectivity index (χ0n) is 15.0. The molecular weight excluding hydrogens is 319 g/mol. The summed E-state index contributed by atoms with van der Waals surface area (Å²) in [5, 5.41) is 5.66. The zero-order chi connectivity index (χ0) is 17.0. The van der Waals surface area contributed by atoms with Gasteiger partial charge < -0.3 is 0 Å². The molecule has 25 heavy (non-hydrogen) atoms. The SMILES string of the molecule is [H+].c1ccc([PH](c2ccccc2)(c2ccccc2)c2ccccc2)cc1. The van der Waals surface area contributed by atoms with E-state index in [0.717, 1.165) is 0 Å². The Morgan fingerprint density at radius 1 is 0.320 bits per heavy atom. The van der Waals surface area contributed by atoms with Crippen LogP contribution in [0, 0.1) is 0 Å². The first-order chi connectivity index (χ1) is 12.4. The molecule has 0 unspecified atom stereocenters. The first-order valence-corrected chi connectivity index (χ1v) is 10.6. The average Bonchev–Trinajstić information content (AvgIpc) is 2.72. The van der Waals surface area contributed by atoms with E-state index in [4.69, 9.17) is 0 Å². The predicted molar refractivity (Wildman–Crippen MR) is 114 cm³/mol. The van der Waals surface area contributed by atoms with Crippen molar-refractivity contribution in [3.8, 4) is 0 Å². The van der Waals surface area contributed by atoms with Crippen molar-refractivity contribution in [1.82, 2.24) is 0 Å². The molecule has 1 heteroatoms. The van der Waals surface area contributed by atoms with Gasteiger partial charge in [-0.05, 0) is 0 Å². The van der Waals surface area contributed by atoms with E-state index >= 15 is 0 Å². The van der Waals surface area contributed by atoms with Crippen molar-refractivity contribution < 1.29 is 1.43 Å². The first kappa shape index (κ1) is 15.8. The van der Waals surface area contributed by atoms with Crippen LogP contribution in [0.15, 0.2) is 121 Å². The third kappa shape index (κ3) is 2.80. The molecule has 0 aliphatic rings. The Labute approximate surface area is 151 Å². The van der Waals surface area contributed by atoms with Gasteiger partial charge in [-0.2, -0.15) is 0 Å². The Morgan fingerprint density at radius 2 is 0.520 bits per heavy atom. The fourth-order valence-corrected chi connectivity index (χ4v) is 8.52. The summed E-state index contributed by atoms with van der Waals surface area (Å²) >= 11 is 0. The molecule has 4 aromatic rings. The third-order valence-electron chi connectivity index (χ3n) is 4.83. The van der Waals surface area contributed by atoms with Crippen molar-refractivity contribution in [1.29, 1.82) is 0 Å². The average molecular weight is 341 g/mol. The molecule has 4 aromatic carbocycles. The molecule has 4 rings (SSSR count). The van der Waals surface area contributed by atoms with Gasteiger partial charge in [-0.25, -0.2) is 0 Å². The molecule has 0 aliphatic heterocycles. The Kier molecular flexibility index (Phi) is 4.46. The van der Waals surface area contributed by atoms with Gasteiger partial charge in [0.1, 0.15) is 0 Å². The van der Waals surface area contributed by atoms with Crippen LogP contribution in [0.1, 0.15) is 1.43 Å². The van der Waals surface area contributed by atoms with Crippen molar-refractivity contribution in [2.75, 3.05) is 0 Å². The van der Waals surface area contributed by atoms with E-state index in [0.29, 0.717) is 0 Å². The van der Waals surface area contributed by atoms with Gasteiger partial charge in [-0.15, -0.1) is 0 Å². The van der Waals surface area contributed by atoms with Crippen LogP contribution >= 0.6 is 7.26 Å². The molecule has 0 heterocycles. The fraction of sp³-hybridized carbons (Fsp3) is 0. The van der Waals surface area contributed by atoms with Crippen LogP contribution in [-0.2, 0) is 0 Å². The molecular formula is C24H22P+. The molecule has 0 nitrogen and oxygen atoms in total. The van der Waals surface area contributed by atoms with E-state index in [9.17, 15) is 0 Å². The molecule has 0 saturated carbocycles. The zero-order valence-corrected chi connectivity index (χ0v) is 15.0. The molecule has 0 radical (unpaired) electrons. The maximum atomic E-state index is 2.29. The van der Waals surface area contributed by atoms with Crippen LogP contribution < -0.4 is 21.2 Å². The second-order valence-corrected chi connectivity index (χ2v) is 10.0. The van der Waals surface area contributed by atoms with Gasteiger partial charge in [0.15, 0.2) is 0 Å². The van der Waals surface area contributed by atoms with E-state index in [2.05, 4.69) is 121 Å². The Morgan fingerprint density at radius 3 is 0.720 bits per heavy atom. The fourth-order valence-electron chi connectivity index (χ4n) is 3.75. The van der Waals surface area contributed by atoms with Crippen LogP contribution in [0.3, 0.4) is 0 Å². The molecule has 0 fully saturated rings. The molecule has 0 N–H and O–H groups in total. The molecule has 0 bridgehead atoms. The molecule has 0 aliphatic carbocycles. The van der Waals surface area contributed by atoms with E-state index in [-0.39, 0.29) is 1.43 Å². The molecule has 0 atom stereocenters. The molecule has 0 aromatic heterocycles. The molecule has 0 saturated heterocycles. The third-order valence-corrected chi connectivity index (χ3v) is 9.62. The monoisotopic (exact) mass is 341 g/mol. The van der Waals surface area contributed by atoms with Crippen molar-refractivity contribution in [2.24, 2.45) is 0 Å². The number of hydrogen-bond donors (Lipinski definition) is 0. The predicted octanol–water partition coefficient (Wildman–Crippen LogP) is 4.15. The van der Waals surface area contributed by atoms with Crippen molar-refractivity contribution in [3.63, 3.8) is 0 Å². The van der Waals surface area contributed by atoms with Crippen molar-refractivity contribution in [3.05, 3.63) is 121 Å². The number of hydrogen-bond acceptors (Lipinski definition) is 0. The second kappa shape index (κ2) is 7.05. The number of rotatable bonds is 4. The quantitative estimate of drug-likeness (QED) is 0.489.